The van der Waals surface area contributed by atoms with E-state index in [1.165, 1.54) is 0 Å². The van der Waals surface area contributed by atoms with Gasteiger partial charge >= 0.3 is 0 Å². The maximum absolute atomic E-state index is 9.94. The zero-order valence-corrected chi connectivity index (χ0v) is 12.7. The van der Waals surface area contributed by atoms with Crippen LogP contribution in [0.3, 0.4) is 0 Å². The summed E-state index contributed by atoms with van der Waals surface area (Å²) in [4.78, 5) is 0. The Hall–Kier alpha value is -1.72. The van der Waals surface area contributed by atoms with E-state index >= 15 is 0 Å². The molecule has 4 heteroatoms. The van der Waals surface area contributed by atoms with Crippen LogP contribution in [-0.2, 0) is 13.1 Å². The van der Waals surface area contributed by atoms with Crippen molar-refractivity contribution < 1.29 is 10.2 Å². The van der Waals surface area contributed by atoms with Gasteiger partial charge in [-0.25, -0.2) is 0 Å². The lowest BCUT2D eigenvalue weighted by atomic mass is 10.1. The number of hydrogen-bond acceptors (Lipinski definition) is 4. The second-order valence-electron chi connectivity index (χ2n) is 5.37. The van der Waals surface area contributed by atoms with Gasteiger partial charge in [-0.2, -0.15) is 0 Å². The first-order chi connectivity index (χ1) is 10.8. The molecule has 0 aliphatic rings. The van der Waals surface area contributed by atoms with Crippen molar-refractivity contribution in [2.45, 2.75) is 25.3 Å². The van der Waals surface area contributed by atoms with Crippen molar-refractivity contribution in [3.05, 3.63) is 71.8 Å². The maximum Gasteiger partial charge on any atom is 0.0935 e. The van der Waals surface area contributed by atoms with Gasteiger partial charge in [-0.15, -0.1) is 0 Å². The average molecular weight is 300 g/mol. The van der Waals surface area contributed by atoms with Crippen LogP contribution in [0.4, 0.5) is 0 Å². The molecule has 0 saturated carbocycles. The Morgan fingerprint density at radius 3 is 1.36 bits per heavy atom. The van der Waals surface area contributed by atoms with E-state index in [1.807, 2.05) is 60.7 Å². The molecule has 0 spiro atoms. The number of rotatable bonds is 9. The molecule has 0 aliphatic heterocycles. The number of nitrogens with one attached hydrogen (secondary N) is 2. The molecule has 0 aliphatic carbocycles. The zero-order valence-electron chi connectivity index (χ0n) is 12.7. The minimum Gasteiger partial charge on any atom is -0.389 e. The van der Waals surface area contributed by atoms with E-state index in [2.05, 4.69) is 10.6 Å². The Kier molecular flexibility index (Phi) is 7.06. The minimum atomic E-state index is -0.785. The third-order valence-corrected chi connectivity index (χ3v) is 3.50. The van der Waals surface area contributed by atoms with Crippen LogP contribution in [0.15, 0.2) is 60.7 Å². The highest BCUT2D eigenvalue weighted by atomic mass is 16.3. The quantitative estimate of drug-likeness (QED) is 0.563. The van der Waals surface area contributed by atoms with Crippen LogP contribution in [-0.4, -0.2) is 35.5 Å². The van der Waals surface area contributed by atoms with Gasteiger partial charge in [-0.05, 0) is 11.1 Å². The van der Waals surface area contributed by atoms with Gasteiger partial charge in [0.1, 0.15) is 0 Å². The molecule has 22 heavy (non-hydrogen) atoms. The number of aliphatic hydroxyl groups excluding tert-OH is 2. The first-order valence-electron chi connectivity index (χ1n) is 7.61. The molecule has 0 heterocycles. The van der Waals surface area contributed by atoms with Crippen molar-refractivity contribution in [1.82, 2.24) is 10.6 Å². The molecule has 2 atom stereocenters. The Balaban J connectivity index is 1.61. The first kappa shape index (κ1) is 16.6. The number of aliphatic hydroxyl groups is 2. The van der Waals surface area contributed by atoms with Gasteiger partial charge in [0.25, 0.3) is 0 Å². The molecule has 2 aromatic rings. The monoisotopic (exact) mass is 300 g/mol. The third-order valence-electron chi connectivity index (χ3n) is 3.50. The molecular weight excluding hydrogens is 276 g/mol. The Morgan fingerprint density at radius 2 is 1.00 bits per heavy atom. The fourth-order valence-corrected chi connectivity index (χ4v) is 2.19. The van der Waals surface area contributed by atoms with Crippen LogP contribution in [0.5, 0.6) is 0 Å². The van der Waals surface area contributed by atoms with Crippen LogP contribution in [0.2, 0.25) is 0 Å². The summed E-state index contributed by atoms with van der Waals surface area (Å²) in [5.41, 5.74) is 2.32. The summed E-state index contributed by atoms with van der Waals surface area (Å²) in [6.07, 6.45) is -1.57. The van der Waals surface area contributed by atoms with Gasteiger partial charge in [0.15, 0.2) is 0 Å². The van der Waals surface area contributed by atoms with Gasteiger partial charge < -0.3 is 20.8 Å². The van der Waals surface area contributed by atoms with Crippen LogP contribution >= 0.6 is 0 Å². The van der Waals surface area contributed by atoms with E-state index in [-0.39, 0.29) is 0 Å². The average Bonchev–Trinajstić information content (AvgIpc) is 2.56. The molecule has 0 aromatic heterocycles. The summed E-state index contributed by atoms with van der Waals surface area (Å²) < 4.78 is 0. The van der Waals surface area contributed by atoms with Crippen molar-refractivity contribution >= 4 is 0 Å². The second kappa shape index (κ2) is 9.33. The Morgan fingerprint density at radius 1 is 0.636 bits per heavy atom. The standard InChI is InChI=1S/C18H24N2O2/c21-17(13-19-11-15-7-3-1-4-8-15)18(22)14-20-12-16-9-5-2-6-10-16/h1-10,17-22H,11-14H2/t17-,18+. The molecule has 118 valence electrons. The van der Waals surface area contributed by atoms with E-state index in [0.717, 1.165) is 11.1 Å². The van der Waals surface area contributed by atoms with Crippen molar-refractivity contribution in [2.75, 3.05) is 13.1 Å². The SMILES string of the molecule is O[C@H](CNCc1ccccc1)[C@@H](O)CNCc1ccccc1. The van der Waals surface area contributed by atoms with Crippen molar-refractivity contribution in [3.63, 3.8) is 0 Å². The van der Waals surface area contributed by atoms with Crippen LogP contribution in [0.1, 0.15) is 11.1 Å². The highest BCUT2D eigenvalue weighted by molar-refractivity contribution is 5.15. The molecule has 2 aromatic carbocycles. The maximum atomic E-state index is 9.94. The summed E-state index contributed by atoms with van der Waals surface area (Å²) in [6, 6.07) is 20.0. The summed E-state index contributed by atoms with van der Waals surface area (Å²) in [6.45, 7) is 2.09. The van der Waals surface area contributed by atoms with E-state index in [9.17, 15) is 10.2 Å². The van der Waals surface area contributed by atoms with E-state index in [0.29, 0.717) is 26.2 Å². The van der Waals surface area contributed by atoms with Crippen molar-refractivity contribution in [2.24, 2.45) is 0 Å². The predicted molar refractivity (Wildman–Crippen MR) is 88.3 cm³/mol. The summed E-state index contributed by atoms with van der Waals surface area (Å²) >= 11 is 0. The summed E-state index contributed by atoms with van der Waals surface area (Å²) in [7, 11) is 0. The largest absolute Gasteiger partial charge is 0.389 e. The zero-order chi connectivity index (χ0) is 15.6. The molecule has 0 amide bonds. The van der Waals surface area contributed by atoms with Gasteiger partial charge in [0.05, 0.1) is 12.2 Å². The second-order valence-corrected chi connectivity index (χ2v) is 5.37. The lowest BCUT2D eigenvalue weighted by Gasteiger charge is -2.19. The molecule has 0 bridgehead atoms. The van der Waals surface area contributed by atoms with Gasteiger partial charge in [-0.1, -0.05) is 60.7 Å². The third kappa shape index (κ3) is 5.95. The summed E-state index contributed by atoms with van der Waals surface area (Å²) in [5, 5.41) is 26.2. The smallest absolute Gasteiger partial charge is 0.0935 e. The topological polar surface area (TPSA) is 64.5 Å². The minimum absolute atomic E-state index is 0.364. The van der Waals surface area contributed by atoms with E-state index in [4.69, 9.17) is 0 Å². The molecule has 0 saturated heterocycles. The Bertz CT molecular complexity index is 470. The highest BCUT2D eigenvalue weighted by Crippen LogP contribution is 2.00. The van der Waals surface area contributed by atoms with Gasteiger partial charge in [0.2, 0.25) is 0 Å². The van der Waals surface area contributed by atoms with Gasteiger partial charge in [0, 0.05) is 26.2 Å². The van der Waals surface area contributed by atoms with Gasteiger partial charge in [-0.3, -0.25) is 0 Å². The first-order valence-corrected chi connectivity index (χ1v) is 7.61. The molecular formula is C18H24N2O2. The normalized spacial score (nSPS) is 13.7. The number of hydrogen-bond donors (Lipinski definition) is 4. The summed E-state index contributed by atoms with van der Waals surface area (Å²) in [5.74, 6) is 0. The fraction of sp³-hybridized carbons (Fsp3) is 0.333. The van der Waals surface area contributed by atoms with E-state index < -0.39 is 12.2 Å². The lowest BCUT2D eigenvalue weighted by molar-refractivity contribution is 0.0205. The molecule has 4 nitrogen and oxygen atoms in total. The number of benzene rings is 2. The molecule has 4 N–H and O–H groups in total. The Labute approximate surface area is 131 Å². The molecule has 2 rings (SSSR count). The van der Waals surface area contributed by atoms with Crippen LogP contribution < -0.4 is 10.6 Å². The molecule has 0 fully saturated rings. The van der Waals surface area contributed by atoms with Crippen molar-refractivity contribution in [1.29, 1.82) is 0 Å². The predicted octanol–water partition coefficient (Wildman–Crippen LogP) is 1.29. The molecule has 0 radical (unpaired) electrons. The fourth-order valence-electron chi connectivity index (χ4n) is 2.19. The highest BCUT2D eigenvalue weighted by Gasteiger charge is 2.15. The lowest BCUT2D eigenvalue weighted by Crippen LogP contribution is -2.41. The van der Waals surface area contributed by atoms with Crippen LogP contribution in [0.25, 0.3) is 0 Å². The molecule has 0 unspecified atom stereocenters. The van der Waals surface area contributed by atoms with Crippen molar-refractivity contribution in [3.8, 4) is 0 Å². The van der Waals surface area contributed by atoms with E-state index in [1.54, 1.807) is 0 Å². The van der Waals surface area contributed by atoms with Crippen LogP contribution in [0, 0.1) is 0 Å².